The molecule has 3 aromatic carbocycles. The molecule has 0 aliphatic heterocycles. The number of hydrogen-bond donors (Lipinski definition) is 2. The second kappa shape index (κ2) is 8.67. The number of aromatic nitrogens is 2. The minimum Gasteiger partial charge on any atom is -0.340 e. The lowest BCUT2D eigenvalue weighted by atomic mass is 10.2. The first-order valence-electron chi connectivity index (χ1n) is 9.29. The van der Waals surface area contributed by atoms with Gasteiger partial charge in [0.15, 0.2) is 5.82 Å². The highest BCUT2D eigenvalue weighted by atomic mass is 16.1. The van der Waals surface area contributed by atoms with E-state index in [0.717, 1.165) is 11.3 Å². The summed E-state index contributed by atoms with van der Waals surface area (Å²) >= 11 is 0. The van der Waals surface area contributed by atoms with Gasteiger partial charge in [-0.2, -0.15) is 5.26 Å². The number of nitrogens with zero attached hydrogens (tertiary/aromatic N) is 3. The van der Waals surface area contributed by atoms with Gasteiger partial charge >= 0.3 is 0 Å². The first-order valence-corrected chi connectivity index (χ1v) is 9.29. The Kier molecular flexibility index (Phi) is 5.45. The van der Waals surface area contributed by atoms with Crippen molar-refractivity contribution in [1.82, 2.24) is 9.97 Å². The number of nitriles is 1. The van der Waals surface area contributed by atoms with Gasteiger partial charge in [0, 0.05) is 23.0 Å². The summed E-state index contributed by atoms with van der Waals surface area (Å²) < 4.78 is 0. The van der Waals surface area contributed by atoms with E-state index in [1.807, 2.05) is 60.7 Å². The summed E-state index contributed by atoms with van der Waals surface area (Å²) in [6, 6.07) is 29.4. The lowest BCUT2D eigenvalue weighted by Crippen LogP contribution is -2.15. The third-order valence-corrected chi connectivity index (χ3v) is 4.31. The maximum atomic E-state index is 12.8. The minimum absolute atomic E-state index is 0.240. The zero-order valence-corrected chi connectivity index (χ0v) is 15.9. The Balaban J connectivity index is 1.69. The van der Waals surface area contributed by atoms with Crippen LogP contribution in [-0.2, 0) is 0 Å². The first-order chi connectivity index (χ1) is 14.7. The maximum Gasteiger partial charge on any atom is 0.274 e. The van der Waals surface area contributed by atoms with Crippen molar-refractivity contribution in [3.05, 3.63) is 102 Å². The summed E-state index contributed by atoms with van der Waals surface area (Å²) in [5.74, 6) is 0.586. The average molecular weight is 391 g/mol. The number of anilines is 3. The molecular weight excluding hydrogens is 374 g/mol. The zero-order chi connectivity index (χ0) is 20.8. The Morgan fingerprint density at radius 1 is 0.800 bits per heavy atom. The van der Waals surface area contributed by atoms with E-state index in [9.17, 15) is 4.79 Å². The number of nitrogens with one attached hydrogen (secondary N) is 2. The summed E-state index contributed by atoms with van der Waals surface area (Å²) in [5.41, 5.74) is 3.04. The van der Waals surface area contributed by atoms with Crippen molar-refractivity contribution in [3.8, 4) is 17.5 Å². The molecule has 144 valence electrons. The van der Waals surface area contributed by atoms with Gasteiger partial charge in [0.1, 0.15) is 11.5 Å². The number of para-hydroxylation sites is 1. The summed E-state index contributed by atoms with van der Waals surface area (Å²) in [4.78, 5) is 21.8. The van der Waals surface area contributed by atoms with Gasteiger partial charge in [0.25, 0.3) is 5.91 Å². The molecule has 30 heavy (non-hydrogen) atoms. The average Bonchev–Trinajstić information content (AvgIpc) is 2.80. The SMILES string of the molecule is N#Cc1ccc(Nc2cc(C(=O)Nc3ccccc3)nc(-c3ccccc3)n2)cc1. The largest absolute Gasteiger partial charge is 0.340 e. The summed E-state index contributed by atoms with van der Waals surface area (Å²) in [7, 11) is 0. The van der Waals surface area contributed by atoms with Gasteiger partial charge in [0.2, 0.25) is 0 Å². The normalized spacial score (nSPS) is 10.1. The van der Waals surface area contributed by atoms with Crippen LogP contribution in [0.1, 0.15) is 16.1 Å². The van der Waals surface area contributed by atoms with Crippen molar-refractivity contribution in [3.63, 3.8) is 0 Å². The summed E-state index contributed by atoms with van der Waals surface area (Å²) in [6.07, 6.45) is 0. The fourth-order valence-corrected chi connectivity index (χ4v) is 2.84. The van der Waals surface area contributed by atoms with Crippen molar-refractivity contribution in [2.45, 2.75) is 0 Å². The molecule has 1 aromatic heterocycles. The third kappa shape index (κ3) is 4.49. The van der Waals surface area contributed by atoms with E-state index in [0.29, 0.717) is 22.9 Å². The molecule has 0 spiro atoms. The fourth-order valence-electron chi connectivity index (χ4n) is 2.84. The summed E-state index contributed by atoms with van der Waals surface area (Å²) in [5, 5.41) is 15.0. The van der Waals surface area contributed by atoms with Crippen molar-refractivity contribution in [1.29, 1.82) is 5.26 Å². The number of rotatable bonds is 5. The Bertz CT molecular complexity index is 1200. The molecule has 0 radical (unpaired) electrons. The van der Waals surface area contributed by atoms with Crippen LogP contribution in [0.4, 0.5) is 17.2 Å². The van der Waals surface area contributed by atoms with Crippen LogP contribution in [0.2, 0.25) is 0 Å². The number of carbonyl (C=O) groups is 1. The Morgan fingerprint density at radius 3 is 2.13 bits per heavy atom. The van der Waals surface area contributed by atoms with Crippen molar-refractivity contribution < 1.29 is 4.79 Å². The van der Waals surface area contributed by atoms with Crippen LogP contribution in [0.5, 0.6) is 0 Å². The standard InChI is InChI=1S/C24H17N5O/c25-16-17-11-13-20(14-12-17)26-22-15-21(24(30)27-19-9-5-2-6-10-19)28-23(29-22)18-7-3-1-4-8-18/h1-15H,(H,27,30)(H,26,28,29). The third-order valence-electron chi connectivity index (χ3n) is 4.31. The van der Waals surface area contributed by atoms with Crippen LogP contribution in [0, 0.1) is 11.3 Å². The van der Waals surface area contributed by atoms with E-state index in [1.54, 1.807) is 30.3 Å². The van der Waals surface area contributed by atoms with Crippen LogP contribution in [0.25, 0.3) is 11.4 Å². The quantitative estimate of drug-likeness (QED) is 0.499. The molecule has 0 bridgehead atoms. The smallest absolute Gasteiger partial charge is 0.274 e. The number of amides is 1. The molecule has 1 amide bonds. The van der Waals surface area contributed by atoms with Gasteiger partial charge < -0.3 is 10.6 Å². The topological polar surface area (TPSA) is 90.7 Å². The second-order valence-electron chi connectivity index (χ2n) is 6.46. The van der Waals surface area contributed by atoms with Crippen LogP contribution in [-0.4, -0.2) is 15.9 Å². The molecule has 6 nitrogen and oxygen atoms in total. The van der Waals surface area contributed by atoms with Crippen LogP contribution < -0.4 is 10.6 Å². The highest BCUT2D eigenvalue weighted by Gasteiger charge is 2.14. The van der Waals surface area contributed by atoms with Gasteiger partial charge in [-0.05, 0) is 36.4 Å². The fraction of sp³-hybridized carbons (Fsp3) is 0. The van der Waals surface area contributed by atoms with E-state index >= 15 is 0 Å². The van der Waals surface area contributed by atoms with E-state index in [1.165, 1.54) is 0 Å². The first kappa shape index (κ1) is 18.8. The van der Waals surface area contributed by atoms with E-state index < -0.39 is 0 Å². The molecule has 1 heterocycles. The van der Waals surface area contributed by atoms with E-state index in [-0.39, 0.29) is 11.6 Å². The predicted octanol–water partition coefficient (Wildman–Crippen LogP) is 5.01. The molecule has 0 aliphatic rings. The van der Waals surface area contributed by atoms with Gasteiger partial charge in [-0.3, -0.25) is 4.79 Å². The molecule has 4 aromatic rings. The number of carbonyl (C=O) groups excluding carboxylic acids is 1. The molecule has 0 unspecified atom stereocenters. The van der Waals surface area contributed by atoms with Gasteiger partial charge in [-0.1, -0.05) is 48.5 Å². The second-order valence-corrected chi connectivity index (χ2v) is 6.46. The van der Waals surface area contributed by atoms with Gasteiger partial charge in [-0.15, -0.1) is 0 Å². The number of benzene rings is 3. The lowest BCUT2D eigenvalue weighted by Gasteiger charge is -2.11. The van der Waals surface area contributed by atoms with Gasteiger partial charge in [-0.25, -0.2) is 9.97 Å². The molecule has 0 fully saturated rings. The Hall–Kier alpha value is -4.50. The molecule has 0 saturated carbocycles. The minimum atomic E-state index is -0.330. The van der Waals surface area contributed by atoms with Crippen molar-refractivity contribution >= 4 is 23.1 Å². The molecular formula is C24H17N5O. The monoisotopic (exact) mass is 391 g/mol. The maximum absolute atomic E-state index is 12.8. The molecule has 4 rings (SSSR count). The lowest BCUT2D eigenvalue weighted by molar-refractivity contribution is 0.102. The van der Waals surface area contributed by atoms with Crippen molar-refractivity contribution in [2.24, 2.45) is 0 Å². The zero-order valence-electron chi connectivity index (χ0n) is 15.9. The van der Waals surface area contributed by atoms with Crippen molar-refractivity contribution in [2.75, 3.05) is 10.6 Å². The Labute approximate surface area is 173 Å². The van der Waals surface area contributed by atoms with E-state index in [2.05, 4.69) is 26.7 Å². The van der Waals surface area contributed by atoms with Gasteiger partial charge in [0.05, 0.1) is 11.6 Å². The van der Waals surface area contributed by atoms with E-state index in [4.69, 9.17) is 5.26 Å². The highest BCUT2D eigenvalue weighted by Crippen LogP contribution is 2.21. The summed E-state index contributed by atoms with van der Waals surface area (Å²) in [6.45, 7) is 0. The van der Waals surface area contributed by atoms with Crippen LogP contribution in [0.3, 0.4) is 0 Å². The van der Waals surface area contributed by atoms with Crippen LogP contribution in [0.15, 0.2) is 91.0 Å². The Morgan fingerprint density at radius 2 is 1.47 bits per heavy atom. The molecule has 0 atom stereocenters. The molecule has 0 aliphatic carbocycles. The highest BCUT2D eigenvalue weighted by molar-refractivity contribution is 6.03. The number of hydrogen-bond acceptors (Lipinski definition) is 5. The molecule has 0 saturated heterocycles. The van der Waals surface area contributed by atoms with Crippen LogP contribution >= 0.6 is 0 Å². The predicted molar refractivity (Wildman–Crippen MR) is 116 cm³/mol. The molecule has 2 N–H and O–H groups in total. The molecule has 6 heteroatoms.